The van der Waals surface area contributed by atoms with Crippen LogP contribution in [0.4, 0.5) is 5.69 Å². The minimum atomic E-state index is -3.85. The number of nitrogens with one attached hydrogen (secondary N) is 2. The van der Waals surface area contributed by atoms with Crippen LogP contribution in [0.1, 0.15) is 10.4 Å². The largest absolute Gasteiger partial charge is 0.355 e. The molecule has 0 saturated carbocycles. The average Bonchev–Trinajstić information content (AvgIpc) is 2.47. The highest BCUT2D eigenvalue weighted by Crippen LogP contribution is 2.20. The molecule has 0 saturated heterocycles. The standard InChI is InChI=1S/C13H12ClN3O3S/c1-15-13(18)10-4-2-3-5-11(10)17-21(19,20)9-6-7-12(14)16-8-9/h2-8,17H,1H3,(H,15,18). The van der Waals surface area contributed by atoms with E-state index < -0.39 is 10.0 Å². The zero-order chi connectivity index (χ0) is 15.5. The molecule has 0 bridgehead atoms. The highest BCUT2D eigenvalue weighted by molar-refractivity contribution is 7.92. The van der Waals surface area contributed by atoms with Crippen LogP contribution in [0.3, 0.4) is 0 Å². The van der Waals surface area contributed by atoms with Gasteiger partial charge < -0.3 is 5.32 Å². The van der Waals surface area contributed by atoms with Crippen LogP contribution in [0, 0.1) is 0 Å². The average molecular weight is 326 g/mol. The van der Waals surface area contributed by atoms with Crippen molar-refractivity contribution in [1.82, 2.24) is 10.3 Å². The lowest BCUT2D eigenvalue weighted by Gasteiger charge is -2.11. The van der Waals surface area contributed by atoms with Gasteiger partial charge in [-0.1, -0.05) is 23.7 Å². The molecule has 8 heteroatoms. The van der Waals surface area contributed by atoms with Gasteiger partial charge in [-0.3, -0.25) is 9.52 Å². The third kappa shape index (κ3) is 3.50. The molecular formula is C13H12ClN3O3S. The zero-order valence-electron chi connectivity index (χ0n) is 11.0. The Balaban J connectivity index is 2.37. The Bertz CT molecular complexity index is 760. The number of carbonyl (C=O) groups is 1. The van der Waals surface area contributed by atoms with E-state index in [2.05, 4.69) is 15.0 Å². The quantitative estimate of drug-likeness (QED) is 0.840. The third-order valence-corrected chi connectivity index (χ3v) is 4.23. The van der Waals surface area contributed by atoms with Crippen molar-refractivity contribution in [3.8, 4) is 0 Å². The fourth-order valence-corrected chi connectivity index (χ4v) is 2.77. The summed E-state index contributed by atoms with van der Waals surface area (Å²) in [5, 5.41) is 2.65. The molecule has 1 amide bonds. The van der Waals surface area contributed by atoms with Crippen molar-refractivity contribution in [3.05, 3.63) is 53.3 Å². The smallest absolute Gasteiger partial charge is 0.263 e. The summed E-state index contributed by atoms with van der Waals surface area (Å²) in [5.41, 5.74) is 0.414. The normalized spacial score (nSPS) is 11.0. The van der Waals surface area contributed by atoms with Crippen LogP contribution in [0.15, 0.2) is 47.5 Å². The number of sulfonamides is 1. The molecule has 2 N–H and O–H groups in total. The third-order valence-electron chi connectivity index (χ3n) is 2.65. The van der Waals surface area contributed by atoms with E-state index in [-0.39, 0.29) is 27.2 Å². The van der Waals surface area contributed by atoms with Crippen LogP contribution in [0.25, 0.3) is 0 Å². The molecule has 0 aliphatic heterocycles. The highest BCUT2D eigenvalue weighted by Gasteiger charge is 2.18. The van der Waals surface area contributed by atoms with E-state index in [1.807, 2.05) is 0 Å². The summed E-state index contributed by atoms with van der Waals surface area (Å²) in [6.45, 7) is 0. The van der Waals surface area contributed by atoms with Crippen LogP contribution in [0.5, 0.6) is 0 Å². The number of hydrogen-bond donors (Lipinski definition) is 2. The number of hydrogen-bond acceptors (Lipinski definition) is 4. The molecule has 0 aliphatic carbocycles. The lowest BCUT2D eigenvalue weighted by molar-refractivity contribution is 0.0964. The number of benzene rings is 1. The first-order chi connectivity index (χ1) is 9.94. The van der Waals surface area contributed by atoms with E-state index in [9.17, 15) is 13.2 Å². The summed E-state index contributed by atoms with van der Waals surface area (Å²) in [4.78, 5) is 15.4. The summed E-state index contributed by atoms with van der Waals surface area (Å²) in [5.74, 6) is -0.387. The molecule has 0 aliphatic rings. The van der Waals surface area contributed by atoms with Gasteiger partial charge in [0.2, 0.25) is 0 Å². The van der Waals surface area contributed by atoms with E-state index in [0.29, 0.717) is 0 Å². The SMILES string of the molecule is CNC(=O)c1ccccc1NS(=O)(=O)c1ccc(Cl)nc1. The lowest BCUT2D eigenvalue weighted by atomic mass is 10.2. The molecule has 0 atom stereocenters. The summed E-state index contributed by atoms with van der Waals surface area (Å²) >= 11 is 5.63. The highest BCUT2D eigenvalue weighted by atomic mass is 35.5. The predicted octanol–water partition coefficient (Wildman–Crippen LogP) is 1.90. The van der Waals surface area contributed by atoms with Gasteiger partial charge in [0.25, 0.3) is 15.9 Å². The van der Waals surface area contributed by atoms with Gasteiger partial charge in [0.15, 0.2) is 0 Å². The van der Waals surface area contributed by atoms with Crippen LogP contribution in [0.2, 0.25) is 5.15 Å². The Kier molecular flexibility index (Phi) is 4.44. The molecule has 1 aromatic carbocycles. The van der Waals surface area contributed by atoms with Crippen LogP contribution >= 0.6 is 11.6 Å². The first kappa shape index (κ1) is 15.3. The van der Waals surface area contributed by atoms with E-state index in [4.69, 9.17) is 11.6 Å². The number of pyridine rings is 1. The molecule has 2 rings (SSSR count). The number of para-hydroxylation sites is 1. The van der Waals surface area contributed by atoms with Gasteiger partial charge in [-0.25, -0.2) is 13.4 Å². The molecule has 2 aromatic rings. The Morgan fingerprint density at radius 2 is 1.90 bits per heavy atom. The van der Waals surface area contributed by atoms with Crippen molar-refractivity contribution in [3.63, 3.8) is 0 Å². The molecule has 21 heavy (non-hydrogen) atoms. The fraction of sp³-hybridized carbons (Fsp3) is 0.0769. The minimum absolute atomic E-state index is 0.0430. The number of anilines is 1. The predicted molar refractivity (Wildman–Crippen MR) is 79.9 cm³/mol. The Hall–Kier alpha value is -2.12. The number of halogens is 1. The van der Waals surface area contributed by atoms with Crippen molar-refractivity contribution in [2.24, 2.45) is 0 Å². The molecule has 6 nitrogen and oxygen atoms in total. The second kappa shape index (κ2) is 6.11. The molecule has 1 aromatic heterocycles. The van der Waals surface area contributed by atoms with Gasteiger partial charge in [-0.15, -0.1) is 0 Å². The van der Waals surface area contributed by atoms with Crippen LogP contribution in [-0.2, 0) is 10.0 Å². The van der Waals surface area contributed by atoms with Crippen molar-refractivity contribution >= 4 is 33.2 Å². The number of amides is 1. The van der Waals surface area contributed by atoms with Gasteiger partial charge in [0.1, 0.15) is 10.0 Å². The second-order valence-corrected chi connectivity index (χ2v) is 6.12. The summed E-state index contributed by atoms with van der Waals surface area (Å²) in [7, 11) is -2.38. The van der Waals surface area contributed by atoms with Crippen molar-refractivity contribution in [1.29, 1.82) is 0 Å². The van der Waals surface area contributed by atoms with Crippen LogP contribution < -0.4 is 10.0 Å². The van der Waals surface area contributed by atoms with Crippen molar-refractivity contribution in [2.45, 2.75) is 4.90 Å². The Morgan fingerprint density at radius 1 is 1.19 bits per heavy atom. The lowest BCUT2D eigenvalue weighted by Crippen LogP contribution is -2.21. The maximum absolute atomic E-state index is 12.3. The maximum atomic E-state index is 12.3. The van der Waals surface area contributed by atoms with Gasteiger partial charge in [-0.05, 0) is 24.3 Å². The zero-order valence-corrected chi connectivity index (χ0v) is 12.6. The first-order valence-corrected chi connectivity index (χ1v) is 7.75. The van der Waals surface area contributed by atoms with E-state index >= 15 is 0 Å². The summed E-state index contributed by atoms with van der Waals surface area (Å²) in [6.07, 6.45) is 1.15. The number of rotatable bonds is 4. The second-order valence-electron chi connectivity index (χ2n) is 4.05. The van der Waals surface area contributed by atoms with E-state index in [1.54, 1.807) is 12.1 Å². The maximum Gasteiger partial charge on any atom is 0.263 e. The molecular weight excluding hydrogens is 314 g/mol. The monoisotopic (exact) mass is 325 g/mol. The van der Waals surface area contributed by atoms with Gasteiger partial charge in [0.05, 0.1) is 11.3 Å². The fourth-order valence-electron chi connectivity index (χ4n) is 1.63. The Labute approximate surface area is 127 Å². The van der Waals surface area contributed by atoms with Crippen LogP contribution in [-0.4, -0.2) is 26.4 Å². The van der Waals surface area contributed by atoms with Crippen molar-refractivity contribution < 1.29 is 13.2 Å². The first-order valence-electron chi connectivity index (χ1n) is 5.89. The molecule has 0 fully saturated rings. The summed E-state index contributed by atoms with van der Waals surface area (Å²) in [6, 6.07) is 9.01. The van der Waals surface area contributed by atoms with Gasteiger partial charge in [0, 0.05) is 13.2 Å². The minimum Gasteiger partial charge on any atom is -0.355 e. The topological polar surface area (TPSA) is 88.2 Å². The molecule has 110 valence electrons. The van der Waals surface area contributed by atoms with E-state index in [0.717, 1.165) is 6.20 Å². The number of carbonyl (C=O) groups excluding carboxylic acids is 1. The molecule has 0 unspecified atom stereocenters. The van der Waals surface area contributed by atoms with Gasteiger partial charge >= 0.3 is 0 Å². The number of aromatic nitrogens is 1. The molecule has 1 heterocycles. The summed E-state index contributed by atoms with van der Waals surface area (Å²) < 4.78 is 26.9. The van der Waals surface area contributed by atoms with E-state index in [1.165, 1.54) is 31.3 Å². The van der Waals surface area contributed by atoms with Crippen molar-refractivity contribution in [2.75, 3.05) is 11.8 Å². The number of nitrogens with zero attached hydrogens (tertiary/aromatic N) is 1. The molecule has 0 radical (unpaired) electrons. The van der Waals surface area contributed by atoms with Gasteiger partial charge in [-0.2, -0.15) is 0 Å². The Morgan fingerprint density at radius 3 is 2.52 bits per heavy atom. The molecule has 0 spiro atoms.